The molecule has 4 N–H and O–H groups in total. The summed E-state index contributed by atoms with van der Waals surface area (Å²) in [5.74, 6) is -1.86. The zero-order valence-corrected chi connectivity index (χ0v) is 31.3. The molecule has 0 aliphatic carbocycles. The molecule has 0 bridgehead atoms. The minimum absolute atomic E-state index is 0. The van der Waals surface area contributed by atoms with Crippen LogP contribution in [0.3, 0.4) is 0 Å². The van der Waals surface area contributed by atoms with Crippen LogP contribution in [0.25, 0.3) is 0 Å². The number of carbonyl (C=O) groups is 2. The number of aliphatic hydroxyl groups excluding tert-OH is 2. The number of hydrogen-bond acceptors (Lipinski definition) is 6. The summed E-state index contributed by atoms with van der Waals surface area (Å²) in [6, 6.07) is 0. The van der Waals surface area contributed by atoms with E-state index in [1.54, 1.807) is 0 Å². The van der Waals surface area contributed by atoms with Gasteiger partial charge in [0, 0.05) is 11.9 Å². The summed E-state index contributed by atoms with van der Waals surface area (Å²) in [4.78, 5) is 20.5. The molecule has 0 saturated heterocycles. The Balaban J connectivity index is -0.000000348. The molecule has 2 unspecified atom stereocenters. The van der Waals surface area contributed by atoms with E-state index in [2.05, 4.69) is 13.8 Å². The zero-order valence-electron chi connectivity index (χ0n) is 29.1. The predicted octanol–water partition coefficient (Wildman–Crippen LogP) is 6.73. The molecule has 0 aromatic rings. The molecule has 0 aromatic carbocycles. The first-order valence-electron chi connectivity index (χ1n) is 18.1. The quantitative estimate of drug-likeness (QED) is 0.0605. The summed E-state index contributed by atoms with van der Waals surface area (Å²) >= 11 is 0. The molecule has 0 radical (unpaired) electrons. The van der Waals surface area contributed by atoms with Crippen LogP contribution >= 0.6 is 0 Å². The maximum atomic E-state index is 10.2. The van der Waals surface area contributed by atoms with Gasteiger partial charge in [0.2, 0.25) is 0 Å². The van der Waals surface area contributed by atoms with E-state index in [-0.39, 0.29) is 68.3 Å². The molecule has 0 aliphatic heterocycles. The number of hydrogen-bond donors (Lipinski definition) is 2. The van der Waals surface area contributed by atoms with Crippen molar-refractivity contribution < 1.29 is 35.5 Å². The molecule has 0 heterocycles. The van der Waals surface area contributed by atoms with Gasteiger partial charge >= 0.3 is 37.7 Å². The van der Waals surface area contributed by atoms with Crippen molar-refractivity contribution in [2.45, 2.75) is 219 Å². The van der Waals surface area contributed by atoms with Crippen LogP contribution in [0.2, 0.25) is 0 Å². The van der Waals surface area contributed by atoms with E-state index in [1.807, 2.05) is 0 Å². The molecule has 0 fully saturated rings. The summed E-state index contributed by atoms with van der Waals surface area (Å²) in [7, 11) is 0. The van der Waals surface area contributed by atoms with E-state index < -0.39 is 11.9 Å². The molecule has 7 nitrogen and oxygen atoms in total. The van der Waals surface area contributed by atoms with Gasteiger partial charge in [-0.1, -0.05) is 155 Å². The number of carboxylic acids is 2. The minimum atomic E-state index is -0.928. The second-order valence-electron chi connectivity index (χ2n) is 12.5. The first-order chi connectivity index (χ1) is 20.3. The third-order valence-corrected chi connectivity index (χ3v) is 8.12. The molecule has 0 amide bonds. The van der Waals surface area contributed by atoms with Crippen molar-refractivity contribution in [1.29, 1.82) is 0 Å². The van der Waals surface area contributed by atoms with Crippen molar-refractivity contribution in [1.82, 2.24) is 0 Å². The SMILES string of the molecule is CCCCCCC(O)CCCCCCCCCCC(=O)[O-].CCCCCCC(O)CCCCCCCCCCC(=O)[O-].O.[Ca+2]. The number of aliphatic hydroxyl groups is 2. The Kier molecular flexibility index (Phi) is 49.9. The number of unbranched alkanes of at least 4 members (excludes halogenated alkanes) is 20. The van der Waals surface area contributed by atoms with E-state index >= 15 is 0 Å². The summed E-state index contributed by atoms with van der Waals surface area (Å²) in [6.07, 6.45) is 31.8. The molecule has 2 atom stereocenters. The summed E-state index contributed by atoms with van der Waals surface area (Å²) in [5, 5.41) is 40.1. The van der Waals surface area contributed by atoms with Crippen molar-refractivity contribution >= 4 is 49.7 Å². The molecule has 260 valence electrons. The topological polar surface area (TPSA) is 152 Å². The Morgan fingerprint density at radius 1 is 0.432 bits per heavy atom. The summed E-state index contributed by atoms with van der Waals surface area (Å²) in [5.41, 5.74) is 0. The van der Waals surface area contributed by atoms with E-state index in [0.29, 0.717) is 0 Å². The maximum absolute atomic E-state index is 10.2. The van der Waals surface area contributed by atoms with Crippen LogP contribution in [-0.4, -0.2) is 77.6 Å². The average Bonchev–Trinajstić information content (AvgIpc) is 2.95. The monoisotopic (exact) mass is 656 g/mol. The van der Waals surface area contributed by atoms with Gasteiger partial charge < -0.3 is 35.5 Å². The Labute approximate surface area is 302 Å². The minimum Gasteiger partial charge on any atom is -0.550 e. The zero-order chi connectivity index (χ0) is 31.5. The van der Waals surface area contributed by atoms with Crippen LogP contribution in [0.4, 0.5) is 0 Å². The maximum Gasteiger partial charge on any atom is 2.00 e. The van der Waals surface area contributed by atoms with Crippen LogP contribution in [0.5, 0.6) is 0 Å². The number of aliphatic carboxylic acids is 2. The number of carboxylic acid groups (broad SMARTS) is 2. The predicted molar refractivity (Wildman–Crippen MR) is 181 cm³/mol. The van der Waals surface area contributed by atoms with E-state index in [0.717, 1.165) is 77.0 Å². The largest absolute Gasteiger partial charge is 2.00 e. The standard InChI is InChI=1S/2C18H36O3.Ca.H2O/c2*1-2-3-4-11-14-17(19)15-12-9-7-5-6-8-10-13-16-18(20)21;;/h2*17,19H,2-16H2,1H3,(H,20,21);;1H2/q;;+2;/p-2. The Morgan fingerprint density at radius 2 is 0.636 bits per heavy atom. The molecule has 44 heavy (non-hydrogen) atoms. The fourth-order valence-electron chi connectivity index (χ4n) is 5.32. The van der Waals surface area contributed by atoms with Gasteiger partial charge in [-0.25, -0.2) is 0 Å². The van der Waals surface area contributed by atoms with Crippen LogP contribution in [-0.2, 0) is 9.59 Å². The number of carbonyl (C=O) groups excluding carboxylic acids is 2. The van der Waals surface area contributed by atoms with Crippen molar-refractivity contribution in [2.24, 2.45) is 0 Å². The van der Waals surface area contributed by atoms with E-state index in [9.17, 15) is 30.0 Å². The first kappa shape index (κ1) is 50.9. The Hall–Kier alpha value is 0.0797. The van der Waals surface area contributed by atoms with Gasteiger partial charge in [-0.2, -0.15) is 0 Å². The third kappa shape index (κ3) is 49.0. The fraction of sp³-hybridized carbons (Fsp3) is 0.944. The van der Waals surface area contributed by atoms with E-state index in [1.165, 1.54) is 103 Å². The molecule has 8 heteroatoms. The van der Waals surface area contributed by atoms with Crippen LogP contribution in [0.15, 0.2) is 0 Å². The molecule has 0 aliphatic rings. The third-order valence-electron chi connectivity index (χ3n) is 8.12. The van der Waals surface area contributed by atoms with Gasteiger partial charge in [0.1, 0.15) is 0 Å². The van der Waals surface area contributed by atoms with Crippen LogP contribution in [0.1, 0.15) is 206 Å². The van der Waals surface area contributed by atoms with Gasteiger partial charge in [0.05, 0.1) is 12.2 Å². The van der Waals surface area contributed by atoms with Crippen molar-refractivity contribution in [3.05, 3.63) is 0 Å². The van der Waals surface area contributed by atoms with Gasteiger partial charge in [-0.3, -0.25) is 0 Å². The molecule has 0 spiro atoms. The fourth-order valence-corrected chi connectivity index (χ4v) is 5.32. The smallest absolute Gasteiger partial charge is 0.550 e. The van der Waals surface area contributed by atoms with Gasteiger partial charge in [0.15, 0.2) is 0 Å². The van der Waals surface area contributed by atoms with Gasteiger partial charge in [0.25, 0.3) is 0 Å². The molecular formula is C36H72CaO7. The molecular weight excluding hydrogens is 584 g/mol. The van der Waals surface area contributed by atoms with Crippen LogP contribution in [0, 0.1) is 0 Å². The van der Waals surface area contributed by atoms with Crippen molar-refractivity contribution in [3.63, 3.8) is 0 Å². The number of rotatable bonds is 32. The molecule has 0 saturated carbocycles. The molecule has 0 aromatic heterocycles. The second kappa shape index (κ2) is 43.1. The van der Waals surface area contributed by atoms with Crippen molar-refractivity contribution in [3.8, 4) is 0 Å². The summed E-state index contributed by atoms with van der Waals surface area (Å²) in [6.45, 7) is 4.42. The molecule has 0 rings (SSSR count). The van der Waals surface area contributed by atoms with Gasteiger partial charge in [-0.15, -0.1) is 0 Å². The van der Waals surface area contributed by atoms with Crippen molar-refractivity contribution in [2.75, 3.05) is 0 Å². The first-order valence-corrected chi connectivity index (χ1v) is 18.1. The van der Waals surface area contributed by atoms with Crippen LogP contribution < -0.4 is 10.2 Å². The average molecular weight is 657 g/mol. The Bertz CT molecular complexity index is 515. The second-order valence-corrected chi connectivity index (χ2v) is 12.5. The summed E-state index contributed by atoms with van der Waals surface area (Å²) < 4.78 is 0. The normalized spacial score (nSPS) is 11.9. The Morgan fingerprint density at radius 3 is 0.864 bits per heavy atom. The van der Waals surface area contributed by atoms with Gasteiger partial charge in [-0.05, 0) is 51.4 Å². The van der Waals surface area contributed by atoms with E-state index in [4.69, 9.17) is 0 Å².